The Bertz CT molecular complexity index is 5070. The van der Waals surface area contributed by atoms with E-state index in [0.717, 1.165) is 126 Å². The minimum absolute atomic E-state index is 0.534. The molecule has 0 aliphatic carbocycles. The zero-order valence-electron chi connectivity index (χ0n) is 41.1. The fraction of sp³-hybridized carbons (Fsp3) is 0. The molecule has 0 bridgehead atoms. The molecule has 6 heteroatoms. The summed E-state index contributed by atoms with van der Waals surface area (Å²) in [6.45, 7) is 0. The van der Waals surface area contributed by atoms with E-state index in [1.165, 1.54) is 43.1 Å². The third kappa shape index (κ3) is 5.04. The lowest BCUT2D eigenvalue weighted by atomic mass is 9.88. The van der Waals surface area contributed by atoms with Crippen LogP contribution in [0.25, 0.3) is 169 Å². The van der Waals surface area contributed by atoms with Gasteiger partial charge in [0.25, 0.3) is 0 Å². The molecule has 0 saturated heterocycles. The number of nitrogens with zero attached hydrogens (tertiary/aromatic N) is 6. The molecule has 6 nitrogen and oxygen atoms in total. The smallest absolute Gasteiger partial charge is 0.146 e. The maximum Gasteiger partial charge on any atom is 0.146 e. The number of hydrogen-bond acceptors (Lipinski definition) is 3. The summed E-state index contributed by atoms with van der Waals surface area (Å²) < 4.78 is 7.30. The molecule has 18 rings (SSSR count). The second-order valence-electron chi connectivity index (χ2n) is 20.6. The van der Waals surface area contributed by atoms with Crippen LogP contribution in [-0.4, -0.2) is 23.7 Å². The van der Waals surface area contributed by atoms with Crippen LogP contribution < -0.4 is 0 Å². The maximum atomic E-state index is 12.8. The largest absolute Gasteiger partial charge is 0.308 e. The van der Waals surface area contributed by atoms with Crippen molar-refractivity contribution in [3.05, 3.63) is 236 Å². The molecule has 0 aliphatic heterocycles. The minimum Gasteiger partial charge on any atom is -0.308 e. The van der Waals surface area contributed by atoms with Crippen LogP contribution >= 0.6 is 0 Å². The van der Waals surface area contributed by atoms with Crippen LogP contribution in [0, 0.1) is 11.3 Å². The molecule has 77 heavy (non-hydrogen) atoms. The molecule has 0 atom stereocenters. The van der Waals surface area contributed by atoms with Crippen molar-refractivity contribution in [2.45, 2.75) is 0 Å². The van der Waals surface area contributed by atoms with Crippen molar-refractivity contribution in [3.63, 3.8) is 0 Å². The van der Waals surface area contributed by atoms with Gasteiger partial charge < -0.3 is 9.13 Å². The van der Waals surface area contributed by atoms with Crippen LogP contribution in [0.3, 0.4) is 0 Å². The highest BCUT2D eigenvalue weighted by Gasteiger charge is 2.35. The number of hydrogen-bond donors (Lipinski definition) is 0. The minimum atomic E-state index is 0.534. The second-order valence-corrected chi connectivity index (χ2v) is 20.6. The summed E-state index contributed by atoms with van der Waals surface area (Å²) >= 11 is 0. The topological polar surface area (TPSA) is 64.4 Å². The number of fused-ring (bicyclic) bond motifs is 9. The lowest BCUT2D eigenvalue weighted by molar-refractivity contribution is 1.08. The van der Waals surface area contributed by atoms with E-state index in [0.29, 0.717) is 5.56 Å². The van der Waals surface area contributed by atoms with Gasteiger partial charge in [0.15, 0.2) is 0 Å². The molecule has 0 spiro atoms. The summed E-state index contributed by atoms with van der Waals surface area (Å²) in [4.78, 5) is 10.1. The first-order valence-corrected chi connectivity index (χ1v) is 26.2. The van der Waals surface area contributed by atoms with E-state index >= 15 is 0 Å². The number of benzene rings is 13. The summed E-state index contributed by atoms with van der Waals surface area (Å²) in [7, 11) is 0. The molecule has 18 aromatic rings. The number of rotatable bonds is 5. The fourth-order valence-corrected chi connectivity index (χ4v) is 14.2. The van der Waals surface area contributed by atoms with Gasteiger partial charge in [-0.05, 0) is 113 Å². The van der Waals surface area contributed by atoms with Gasteiger partial charge in [-0.2, -0.15) is 5.26 Å². The van der Waals surface area contributed by atoms with Gasteiger partial charge in [0.05, 0.1) is 44.6 Å². The van der Waals surface area contributed by atoms with E-state index in [-0.39, 0.29) is 0 Å². The lowest BCUT2D eigenvalue weighted by Crippen LogP contribution is -2.13. The van der Waals surface area contributed by atoms with Gasteiger partial charge in [0, 0.05) is 67.4 Å². The van der Waals surface area contributed by atoms with Crippen LogP contribution in [0.2, 0.25) is 0 Å². The average molecular weight is 975 g/mol. The first kappa shape index (κ1) is 40.8. The predicted octanol–water partition coefficient (Wildman–Crippen LogP) is 18.2. The standard InChI is InChI=1S/C71H38N6/c72-38-53-68(75-55-29-13-27-50-46-34-36-73-39-54(46)51-28-15-30-56(75)65(51)64(50)55)60(40-16-3-1-4-17-40)70(76-57-31-11-24-47-42-20-7-8-21-43(42)48-25-12-32-58(76)63(48)62(47)57)61(41-18-5-2-6-19-41)69(53)77-59-33-14-26-49-44-22-9-10-23-45(44)52-35-37-74-71(77)67(52)66(49)59/h1-37,39H. The monoisotopic (exact) mass is 974 g/mol. The molecule has 13 aromatic carbocycles. The molecule has 5 aromatic heterocycles. The summed E-state index contributed by atoms with van der Waals surface area (Å²) in [5.41, 5.74) is 12.9. The molecule has 352 valence electrons. The van der Waals surface area contributed by atoms with Gasteiger partial charge in [0.1, 0.15) is 17.3 Å². The van der Waals surface area contributed by atoms with Gasteiger partial charge in [-0.15, -0.1) is 0 Å². The van der Waals surface area contributed by atoms with Crippen LogP contribution in [0.15, 0.2) is 231 Å². The van der Waals surface area contributed by atoms with E-state index < -0.39 is 0 Å². The molecule has 0 fully saturated rings. The Morgan fingerprint density at radius 3 is 1.12 bits per heavy atom. The molecule has 0 aliphatic rings. The molecule has 0 amide bonds. The third-order valence-corrected chi connectivity index (χ3v) is 17.1. The summed E-state index contributed by atoms with van der Waals surface area (Å²) in [5, 5.41) is 33.7. The van der Waals surface area contributed by atoms with Crippen LogP contribution in [0.4, 0.5) is 0 Å². The highest BCUT2D eigenvalue weighted by molar-refractivity contribution is 6.37. The Kier molecular flexibility index (Phi) is 7.84. The molecular formula is C71H38N6. The molecule has 0 radical (unpaired) electrons. The van der Waals surface area contributed by atoms with Crippen LogP contribution in [0.5, 0.6) is 0 Å². The van der Waals surface area contributed by atoms with Crippen molar-refractivity contribution in [1.29, 1.82) is 5.26 Å². The van der Waals surface area contributed by atoms with E-state index in [2.05, 4.69) is 237 Å². The van der Waals surface area contributed by atoms with Gasteiger partial charge in [0.2, 0.25) is 0 Å². The van der Waals surface area contributed by atoms with E-state index in [1.54, 1.807) is 0 Å². The average Bonchev–Trinajstić information content (AvgIpc) is 4.32. The Morgan fingerprint density at radius 1 is 0.299 bits per heavy atom. The van der Waals surface area contributed by atoms with E-state index in [9.17, 15) is 5.26 Å². The summed E-state index contributed by atoms with van der Waals surface area (Å²) in [5.74, 6) is 0. The lowest BCUT2D eigenvalue weighted by Gasteiger charge is -2.28. The van der Waals surface area contributed by atoms with Crippen molar-refractivity contribution in [2.24, 2.45) is 0 Å². The van der Waals surface area contributed by atoms with Crippen LogP contribution in [-0.2, 0) is 0 Å². The Morgan fingerprint density at radius 2 is 0.649 bits per heavy atom. The van der Waals surface area contributed by atoms with Crippen molar-refractivity contribution < 1.29 is 0 Å². The third-order valence-electron chi connectivity index (χ3n) is 17.1. The summed E-state index contributed by atoms with van der Waals surface area (Å²) in [6, 6.07) is 80.0. The van der Waals surface area contributed by atoms with Crippen molar-refractivity contribution >= 4 is 130 Å². The SMILES string of the molecule is N#Cc1c(-n2c3cccc4c5ccncc5c5cccc2c5c43)c(-c2ccccc2)c(-n2c3cccc4c5ccccc5c5cccc2c5c43)c(-c2ccccc2)c1-n1c2cccc3c4ccccc4c4ccnc1c4c32. The van der Waals surface area contributed by atoms with Gasteiger partial charge in [-0.3, -0.25) is 9.55 Å². The number of pyridine rings is 2. The Labute approximate surface area is 438 Å². The van der Waals surface area contributed by atoms with Gasteiger partial charge in [-0.25, -0.2) is 4.98 Å². The predicted molar refractivity (Wildman–Crippen MR) is 319 cm³/mol. The zero-order chi connectivity index (χ0) is 50.2. The number of aromatic nitrogens is 5. The van der Waals surface area contributed by atoms with E-state index in [4.69, 9.17) is 4.98 Å². The zero-order valence-corrected chi connectivity index (χ0v) is 41.1. The second kappa shape index (κ2) is 14.8. The van der Waals surface area contributed by atoms with Crippen molar-refractivity contribution in [2.75, 3.05) is 0 Å². The first-order valence-electron chi connectivity index (χ1n) is 26.2. The highest BCUT2D eigenvalue weighted by Crippen LogP contribution is 2.55. The van der Waals surface area contributed by atoms with Crippen molar-refractivity contribution in [1.82, 2.24) is 23.7 Å². The number of nitriles is 1. The quantitative estimate of drug-likeness (QED) is 0.161. The molecule has 0 N–H and O–H groups in total. The summed E-state index contributed by atoms with van der Waals surface area (Å²) in [6.07, 6.45) is 5.85. The Balaban J connectivity index is 1.17. The van der Waals surface area contributed by atoms with Crippen molar-refractivity contribution in [3.8, 4) is 45.4 Å². The molecule has 0 saturated carbocycles. The van der Waals surface area contributed by atoms with Gasteiger partial charge >= 0.3 is 0 Å². The fourth-order valence-electron chi connectivity index (χ4n) is 14.2. The molecular weight excluding hydrogens is 937 g/mol. The van der Waals surface area contributed by atoms with Gasteiger partial charge in [-0.1, -0.05) is 170 Å². The van der Waals surface area contributed by atoms with E-state index in [1.807, 2.05) is 18.6 Å². The van der Waals surface area contributed by atoms with Crippen LogP contribution in [0.1, 0.15) is 5.56 Å². The molecule has 5 heterocycles. The normalized spacial score (nSPS) is 12.4. The molecule has 0 unspecified atom stereocenters. The maximum absolute atomic E-state index is 12.8. The first-order chi connectivity index (χ1) is 38.3. The Hall–Kier alpha value is -10.6. The highest BCUT2D eigenvalue weighted by atomic mass is 15.1.